The fraction of sp³-hybridized carbons (Fsp3) is 0. The third kappa shape index (κ3) is 2.69. The van der Waals surface area contributed by atoms with Gasteiger partial charge in [0.05, 0.1) is 0 Å². The highest BCUT2D eigenvalue weighted by molar-refractivity contribution is 9.10. The van der Waals surface area contributed by atoms with Gasteiger partial charge >= 0.3 is 7.05 Å². The van der Waals surface area contributed by atoms with Gasteiger partial charge in [-0.25, -0.2) is 0 Å². The molecule has 1 heterocycles. The molecule has 1 aliphatic heterocycles. The standard InChI is InChI=1S/C24H17BBrNO/c26-22-14-6-2-10-18(22)20-12-4-8-16-24(20)27-23-15-7-3-11-19(23)17-9-1-5-13-21(17)25(27)28/h1-16,28H. The van der Waals surface area contributed by atoms with Crippen molar-refractivity contribution < 1.29 is 5.02 Å². The summed E-state index contributed by atoms with van der Waals surface area (Å²) >= 11 is 3.68. The zero-order chi connectivity index (χ0) is 19.1. The lowest BCUT2D eigenvalue weighted by molar-refractivity contribution is 0.585. The van der Waals surface area contributed by atoms with E-state index in [0.29, 0.717) is 0 Å². The number of fused-ring (bicyclic) bond motifs is 3. The van der Waals surface area contributed by atoms with E-state index >= 15 is 0 Å². The van der Waals surface area contributed by atoms with Crippen LogP contribution in [0.1, 0.15) is 0 Å². The molecule has 0 amide bonds. The number of nitrogens with zero attached hydrogens (tertiary/aromatic N) is 1. The molecule has 0 atom stereocenters. The third-order valence-corrected chi connectivity index (χ3v) is 5.96. The van der Waals surface area contributed by atoms with Gasteiger partial charge in [-0.1, -0.05) is 94.8 Å². The lowest BCUT2D eigenvalue weighted by atomic mass is 9.64. The van der Waals surface area contributed by atoms with Crippen LogP contribution >= 0.6 is 15.9 Å². The predicted octanol–water partition coefficient (Wildman–Crippen LogP) is 5.62. The molecule has 134 valence electrons. The molecule has 0 fully saturated rings. The number of halogens is 1. The smallest absolute Gasteiger partial charge is 0.428 e. The molecule has 1 aliphatic rings. The highest BCUT2D eigenvalue weighted by Crippen LogP contribution is 2.43. The largest absolute Gasteiger partial charge is 0.454 e. The second-order valence-corrected chi connectivity index (χ2v) is 7.70. The van der Waals surface area contributed by atoms with Gasteiger partial charge in [0.25, 0.3) is 0 Å². The van der Waals surface area contributed by atoms with Crippen molar-refractivity contribution in [2.24, 2.45) is 0 Å². The summed E-state index contributed by atoms with van der Waals surface area (Å²) in [6.45, 7) is 0. The average Bonchev–Trinajstić information content (AvgIpc) is 2.75. The minimum Gasteiger partial charge on any atom is -0.428 e. The summed E-state index contributed by atoms with van der Waals surface area (Å²) in [7, 11) is -0.755. The second-order valence-electron chi connectivity index (χ2n) is 6.85. The first-order valence-corrected chi connectivity index (χ1v) is 10.0. The van der Waals surface area contributed by atoms with Gasteiger partial charge in [0.1, 0.15) is 0 Å². The van der Waals surface area contributed by atoms with Crippen LogP contribution in [0.25, 0.3) is 22.3 Å². The summed E-state index contributed by atoms with van der Waals surface area (Å²) in [4.78, 5) is 2.03. The molecule has 0 bridgehead atoms. The van der Waals surface area contributed by atoms with E-state index < -0.39 is 7.05 Å². The highest BCUT2D eigenvalue weighted by atomic mass is 79.9. The van der Waals surface area contributed by atoms with Crippen LogP contribution in [0.2, 0.25) is 0 Å². The Morgan fingerprint density at radius 1 is 0.571 bits per heavy atom. The Morgan fingerprint density at radius 2 is 1.04 bits per heavy atom. The van der Waals surface area contributed by atoms with Crippen molar-refractivity contribution in [2.45, 2.75) is 0 Å². The minimum absolute atomic E-state index is 0.755. The number of hydrogen-bond donors (Lipinski definition) is 1. The van der Waals surface area contributed by atoms with Crippen molar-refractivity contribution in [3.05, 3.63) is 102 Å². The van der Waals surface area contributed by atoms with Crippen molar-refractivity contribution in [2.75, 3.05) is 4.81 Å². The minimum atomic E-state index is -0.755. The first kappa shape index (κ1) is 17.3. The molecule has 0 saturated heterocycles. The molecule has 2 nitrogen and oxygen atoms in total. The van der Waals surface area contributed by atoms with E-state index in [2.05, 4.69) is 52.3 Å². The van der Waals surface area contributed by atoms with Crippen LogP contribution in [0.4, 0.5) is 11.4 Å². The van der Waals surface area contributed by atoms with Crippen molar-refractivity contribution in [1.82, 2.24) is 0 Å². The molecule has 0 saturated carbocycles. The van der Waals surface area contributed by atoms with Crippen LogP contribution in [-0.2, 0) is 0 Å². The zero-order valence-electron chi connectivity index (χ0n) is 15.1. The summed E-state index contributed by atoms with van der Waals surface area (Å²) < 4.78 is 1.03. The second kappa shape index (κ2) is 6.97. The molecule has 0 radical (unpaired) electrons. The van der Waals surface area contributed by atoms with Crippen LogP contribution in [0.3, 0.4) is 0 Å². The van der Waals surface area contributed by atoms with Crippen molar-refractivity contribution >= 4 is 39.8 Å². The Hall–Kier alpha value is -2.82. The maximum atomic E-state index is 11.4. The maximum Gasteiger partial charge on any atom is 0.454 e. The molecule has 4 aromatic carbocycles. The Morgan fingerprint density at radius 3 is 1.68 bits per heavy atom. The molecule has 5 rings (SSSR count). The fourth-order valence-electron chi connectivity index (χ4n) is 4.00. The van der Waals surface area contributed by atoms with Crippen molar-refractivity contribution in [1.29, 1.82) is 0 Å². The Bertz CT molecular complexity index is 1180. The summed E-state index contributed by atoms with van der Waals surface area (Å²) in [5.41, 5.74) is 7.29. The van der Waals surface area contributed by atoms with Gasteiger partial charge in [-0.05, 0) is 34.8 Å². The lowest BCUT2D eigenvalue weighted by Gasteiger charge is -2.36. The molecule has 0 unspecified atom stereocenters. The molecule has 4 heteroatoms. The van der Waals surface area contributed by atoms with Gasteiger partial charge in [0.15, 0.2) is 0 Å². The monoisotopic (exact) mass is 425 g/mol. The molecule has 1 N–H and O–H groups in total. The SMILES string of the molecule is OB1c2ccccc2-c2ccccc2N1c1ccccc1-c1ccccc1Br. The van der Waals surface area contributed by atoms with Gasteiger partial charge in [0, 0.05) is 27.0 Å². The molecule has 0 spiro atoms. The molecule has 0 aromatic heterocycles. The molecule has 0 aliphatic carbocycles. The summed E-state index contributed by atoms with van der Waals surface area (Å²) in [5.74, 6) is 0. The normalized spacial score (nSPS) is 12.5. The third-order valence-electron chi connectivity index (χ3n) is 5.26. The van der Waals surface area contributed by atoms with Crippen LogP contribution in [-0.4, -0.2) is 12.1 Å². The van der Waals surface area contributed by atoms with Crippen LogP contribution in [0.5, 0.6) is 0 Å². The van der Waals surface area contributed by atoms with E-state index in [1.807, 2.05) is 65.5 Å². The highest BCUT2D eigenvalue weighted by Gasteiger charge is 2.35. The van der Waals surface area contributed by atoms with Crippen LogP contribution in [0, 0.1) is 0 Å². The summed E-state index contributed by atoms with van der Waals surface area (Å²) in [5, 5.41) is 11.4. The van der Waals surface area contributed by atoms with E-state index in [1.54, 1.807) is 0 Å². The van der Waals surface area contributed by atoms with Gasteiger partial charge in [-0.3, -0.25) is 0 Å². The van der Waals surface area contributed by atoms with E-state index in [9.17, 15) is 5.02 Å². The van der Waals surface area contributed by atoms with Gasteiger partial charge in [-0.2, -0.15) is 0 Å². The topological polar surface area (TPSA) is 23.5 Å². The van der Waals surface area contributed by atoms with Crippen molar-refractivity contribution in [3.63, 3.8) is 0 Å². The Kier molecular flexibility index (Phi) is 4.31. The molecular weight excluding hydrogens is 409 g/mol. The Balaban J connectivity index is 1.77. The van der Waals surface area contributed by atoms with Crippen molar-refractivity contribution in [3.8, 4) is 22.3 Å². The van der Waals surface area contributed by atoms with Crippen LogP contribution < -0.4 is 10.3 Å². The number of rotatable bonds is 2. The molecule has 4 aromatic rings. The first-order valence-electron chi connectivity index (χ1n) is 9.25. The van der Waals surface area contributed by atoms with E-state index in [0.717, 1.165) is 43.6 Å². The maximum absolute atomic E-state index is 11.4. The number of para-hydroxylation sites is 2. The van der Waals surface area contributed by atoms with Gasteiger partial charge in [0.2, 0.25) is 0 Å². The first-order chi connectivity index (χ1) is 13.8. The number of benzene rings is 4. The Labute approximate surface area is 173 Å². The predicted molar refractivity (Wildman–Crippen MR) is 121 cm³/mol. The zero-order valence-corrected chi connectivity index (χ0v) is 16.7. The quantitative estimate of drug-likeness (QED) is 0.421. The lowest BCUT2D eigenvalue weighted by Crippen LogP contribution is -2.49. The van der Waals surface area contributed by atoms with Gasteiger partial charge in [-0.15, -0.1) is 0 Å². The fourth-order valence-corrected chi connectivity index (χ4v) is 4.50. The van der Waals surface area contributed by atoms with E-state index in [1.165, 1.54) is 0 Å². The van der Waals surface area contributed by atoms with E-state index in [-0.39, 0.29) is 0 Å². The average molecular weight is 426 g/mol. The molecule has 28 heavy (non-hydrogen) atoms. The van der Waals surface area contributed by atoms with Crippen LogP contribution in [0.15, 0.2) is 102 Å². The number of anilines is 2. The summed E-state index contributed by atoms with van der Waals surface area (Å²) in [6.07, 6.45) is 0. The molecular formula is C24H17BBrNO. The van der Waals surface area contributed by atoms with E-state index in [4.69, 9.17) is 0 Å². The number of hydrogen-bond acceptors (Lipinski definition) is 2. The van der Waals surface area contributed by atoms with Gasteiger partial charge < -0.3 is 9.83 Å². The summed E-state index contributed by atoms with van der Waals surface area (Å²) in [6, 6.07) is 32.8.